The van der Waals surface area contributed by atoms with Crippen molar-refractivity contribution in [3.8, 4) is 17.1 Å². The Labute approximate surface area is 181 Å². The van der Waals surface area contributed by atoms with Gasteiger partial charge in [0.15, 0.2) is 0 Å². The Balaban J connectivity index is 1.67. The quantitative estimate of drug-likeness (QED) is 0.391. The lowest BCUT2D eigenvalue weighted by Crippen LogP contribution is -2.17. The Bertz CT molecular complexity index is 1080. The second kappa shape index (κ2) is 9.03. The van der Waals surface area contributed by atoms with Gasteiger partial charge in [-0.15, -0.1) is 13.2 Å². The summed E-state index contributed by atoms with van der Waals surface area (Å²) in [7, 11) is 0. The van der Waals surface area contributed by atoms with Gasteiger partial charge in [-0.2, -0.15) is 13.2 Å². The molecular formula is C20H12ClF6NO4. The highest BCUT2D eigenvalue weighted by Gasteiger charge is 2.39. The zero-order valence-corrected chi connectivity index (χ0v) is 16.4. The summed E-state index contributed by atoms with van der Waals surface area (Å²) >= 11 is 5.76. The Hall–Kier alpha value is -3.34. The molecule has 3 rings (SSSR count). The van der Waals surface area contributed by atoms with Crippen molar-refractivity contribution in [2.75, 3.05) is 5.32 Å². The molecule has 0 radical (unpaired) electrons. The van der Waals surface area contributed by atoms with Gasteiger partial charge >= 0.3 is 18.6 Å². The molecule has 2 aromatic carbocycles. The van der Waals surface area contributed by atoms with E-state index in [1.807, 2.05) is 0 Å². The van der Waals surface area contributed by atoms with Crippen LogP contribution >= 0.6 is 11.6 Å². The maximum atomic E-state index is 13.3. The Morgan fingerprint density at radius 1 is 0.969 bits per heavy atom. The van der Waals surface area contributed by atoms with Crippen LogP contribution in [0.25, 0.3) is 11.3 Å². The number of ether oxygens (including phenoxy) is 2. The average molecular weight is 480 g/mol. The number of rotatable bonds is 5. The molecule has 1 amide bonds. The minimum absolute atomic E-state index is 0.0367. The van der Waals surface area contributed by atoms with Crippen LogP contribution in [-0.4, -0.2) is 12.5 Å². The standard InChI is InChI=1S/C20H12ClF6NO4/c21-13-3-1-11(2-4-13)16-9-12(17(31-16)19(22,23)24)10-30-18(29)28-14-5-7-15(8-6-14)32-20(25,26)27/h1-9H,10H2,(H,28,29). The number of carbonyl (C=O) groups excluding carboxylic acids is 1. The molecule has 0 saturated carbocycles. The molecule has 0 saturated heterocycles. The van der Waals surface area contributed by atoms with Gasteiger partial charge in [0.05, 0.1) is 0 Å². The minimum Gasteiger partial charge on any atom is -0.451 e. The summed E-state index contributed by atoms with van der Waals surface area (Å²) in [6, 6.07) is 11.0. The van der Waals surface area contributed by atoms with Crippen LogP contribution in [0.15, 0.2) is 59.0 Å². The van der Waals surface area contributed by atoms with E-state index in [9.17, 15) is 31.1 Å². The minimum atomic E-state index is -4.88. The molecule has 0 bridgehead atoms. The molecule has 32 heavy (non-hydrogen) atoms. The first-order chi connectivity index (χ1) is 14.9. The van der Waals surface area contributed by atoms with Crippen molar-refractivity contribution in [2.45, 2.75) is 19.1 Å². The van der Waals surface area contributed by atoms with E-state index in [2.05, 4.69) is 10.1 Å². The fourth-order valence-corrected chi connectivity index (χ4v) is 2.70. The van der Waals surface area contributed by atoms with Crippen LogP contribution in [0.4, 0.5) is 36.8 Å². The molecule has 5 nitrogen and oxygen atoms in total. The normalized spacial score (nSPS) is 11.8. The molecule has 1 heterocycles. The summed E-state index contributed by atoms with van der Waals surface area (Å²) in [5.41, 5.74) is -0.0575. The summed E-state index contributed by atoms with van der Waals surface area (Å²) in [6.45, 7) is -0.771. The van der Waals surface area contributed by atoms with Gasteiger partial charge in [-0.3, -0.25) is 5.32 Å². The maximum Gasteiger partial charge on any atom is 0.573 e. The molecule has 1 aromatic heterocycles. The highest BCUT2D eigenvalue weighted by molar-refractivity contribution is 6.30. The van der Waals surface area contributed by atoms with E-state index in [-0.39, 0.29) is 11.4 Å². The van der Waals surface area contributed by atoms with Gasteiger partial charge in [0.25, 0.3) is 0 Å². The lowest BCUT2D eigenvalue weighted by Gasteiger charge is -2.10. The van der Waals surface area contributed by atoms with E-state index in [0.717, 1.165) is 30.3 Å². The molecular weight excluding hydrogens is 468 g/mol. The molecule has 0 aliphatic rings. The van der Waals surface area contributed by atoms with Crippen molar-refractivity contribution in [2.24, 2.45) is 0 Å². The van der Waals surface area contributed by atoms with Crippen LogP contribution < -0.4 is 10.1 Å². The molecule has 0 unspecified atom stereocenters. The molecule has 1 N–H and O–H groups in total. The zero-order valence-electron chi connectivity index (χ0n) is 15.7. The van der Waals surface area contributed by atoms with Crippen LogP contribution in [0.5, 0.6) is 5.75 Å². The third-order valence-electron chi connectivity index (χ3n) is 3.89. The van der Waals surface area contributed by atoms with E-state index < -0.39 is 42.3 Å². The van der Waals surface area contributed by atoms with Gasteiger partial charge in [-0.25, -0.2) is 4.79 Å². The Morgan fingerprint density at radius 3 is 2.16 bits per heavy atom. The van der Waals surface area contributed by atoms with E-state index in [1.54, 1.807) is 0 Å². The van der Waals surface area contributed by atoms with Gasteiger partial charge in [0.1, 0.15) is 18.1 Å². The van der Waals surface area contributed by atoms with E-state index in [0.29, 0.717) is 10.6 Å². The molecule has 0 fully saturated rings. The van der Waals surface area contributed by atoms with E-state index >= 15 is 0 Å². The second-order valence-corrected chi connectivity index (χ2v) is 6.68. The molecule has 12 heteroatoms. The maximum absolute atomic E-state index is 13.3. The largest absolute Gasteiger partial charge is 0.573 e. The number of benzene rings is 2. The fraction of sp³-hybridized carbons (Fsp3) is 0.150. The lowest BCUT2D eigenvalue weighted by atomic mass is 10.1. The van der Waals surface area contributed by atoms with Crippen molar-refractivity contribution in [1.29, 1.82) is 0 Å². The van der Waals surface area contributed by atoms with Gasteiger partial charge in [0.2, 0.25) is 5.76 Å². The SMILES string of the molecule is O=C(Nc1ccc(OC(F)(F)F)cc1)OCc1cc(-c2ccc(Cl)cc2)oc1C(F)(F)F. The fourth-order valence-electron chi connectivity index (χ4n) is 2.57. The summed E-state index contributed by atoms with van der Waals surface area (Å²) < 4.78 is 89.8. The predicted octanol–water partition coefficient (Wildman–Crippen LogP) is 7.27. The topological polar surface area (TPSA) is 60.7 Å². The molecule has 3 aromatic rings. The van der Waals surface area contributed by atoms with Gasteiger partial charge in [0, 0.05) is 21.8 Å². The van der Waals surface area contributed by atoms with Crippen LogP contribution in [0.1, 0.15) is 11.3 Å². The summed E-state index contributed by atoms with van der Waals surface area (Å²) in [4.78, 5) is 11.9. The van der Waals surface area contributed by atoms with Crippen LogP contribution in [0, 0.1) is 0 Å². The van der Waals surface area contributed by atoms with Crippen LogP contribution in [0.2, 0.25) is 5.02 Å². The number of alkyl halides is 6. The molecule has 170 valence electrons. The number of amides is 1. The first-order valence-corrected chi connectivity index (χ1v) is 9.04. The van der Waals surface area contributed by atoms with Crippen molar-refractivity contribution < 1.29 is 45.0 Å². The summed E-state index contributed by atoms with van der Waals surface area (Å²) in [5, 5.41) is 2.56. The third kappa shape index (κ3) is 6.33. The Kier molecular flexibility index (Phi) is 6.58. The predicted molar refractivity (Wildman–Crippen MR) is 101 cm³/mol. The highest BCUT2D eigenvalue weighted by Crippen LogP contribution is 2.37. The number of hydrogen-bond donors (Lipinski definition) is 1. The van der Waals surface area contributed by atoms with Crippen molar-refractivity contribution in [3.63, 3.8) is 0 Å². The third-order valence-corrected chi connectivity index (χ3v) is 4.14. The first-order valence-electron chi connectivity index (χ1n) is 8.66. The number of carbonyl (C=O) groups is 1. The number of nitrogens with one attached hydrogen (secondary N) is 1. The molecule has 0 aliphatic heterocycles. The zero-order chi connectivity index (χ0) is 23.5. The molecule has 0 atom stereocenters. The number of anilines is 1. The van der Waals surface area contributed by atoms with Crippen molar-refractivity contribution >= 4 is 23.4 Å². The van der Waals surface area contributed by atoms with Crippen molar-refractivity contribution in [3.05, 3.63) is 70.9 Å². The van der Waals surface area contributed by atoms with Crippen LogP contribution in [-0.2, 0) is 17.5 Å². The highest BCUT2D eigenvalue weighted by atomic mass is 35.5. The monoisotopic (exact) mass is 479 g/mol. The Morgan fingerprint density at radius 2 is 1.59 bits per heavy atom. The average Bonchev–Trinajstić information content (AvgIpc) is 3.12. The number of hydrogen-bond acceptors (Lipinski definition) is 4. The van der Waals surface area contributed by atoms with Gasteiger partial charge < -0.3 is 13.9 Å². The molecule has 0 spiro atoms. The van der Waals surface area contributed by atoms with Gasteiger partial charge in [-0.05, 0) is 54.6 Å². The number of halogens is 7. The lowest BCUT2D eigenvalue weighted by molar-refractivity contribution is -0.274. The second-order valence-electron chi connectivity index (χ2n) is 6.24. The summed E-state index contributed by atoms with van der Waals surface area (Å²) in [5.74, 6) is -1.95. The van der Waals surface area contributed by atoms with E-state index in [1.165, 1.54) is 24.3 Å². The first kappa shape index (κ1) is 23.3. The smallest absolute Gasteiger partial charge is 0.451 e. The van der Waals surface area contributed by atoms with Gasteiger partial charge in [-0.1, -0.05) is 11.6 Å². The van der Waals surface area contributed by atoms with Crippen LogP contribution in [0.3, 0.4) is 0 Å². The summed E-state index contributed by atoms with van der Waals surface area (Å²) in [6.07, 6.45) is -10.8. The molecule has 0 aliphatic carbocycles. The van der Waals surface area contributed by atoms with Crippen molar-refractivity contribution in [1.82, 2.24) is 0 Å². The van der Waals surface area contributed by atoms with E-state index in [4.69, 9.17) is 20.8 Å². The number of furan rings is 1.